The molecule has 0 fully saturated rings. The van der Waals surface area contributed by atoms with E-state index in [4.69, 9.17) is 27.6 Å². The number of hydrogen-bond acceptors (Lipinski definition) is 4. The summed E-state index contributed by atoms with van der Waals surface area (Å²) in [4.78, 5) is 12.8. The second-order valence-electron chi connectivity index (χ2n) is 4.13. The number of hydrogen-bond donors (Lipinski definition) is 1. The zero-order valence-electron chi connectivity index (χ0n) is 10.5. The maximum atomic E-state index is 11.9. The van der Waals surface area contributed by atoms with Crippen LogP contribution >= 0.6 is 34.5 Å². The highest BCUT2D eigenvalue weighted by molar-refractivity contribution is 7.17. The average Bonchev–Trinajstić information content (AvgIpc) is 3.04. The Morgan fingerprint density at radius 1 is 1.24 bits per heavy atom. The Morgan fingerprint density at radius 2 is 2.10 bits per heavy atom. The molecule has 2 heterocycles. The van der Waals surface area contributed by atoms with Gasteiger partial charge in [-0.25, -0.2) is 5.43 Å². The molecule has 106 valence electrons. The zero-order chi connectivity index (χ0) is 14.8. The van der Waals surface area contributed by atoms with Crippen molar-refractivity contribution in [3.63, 3.8) is 0 Å². The first-order valence-corrected chi connectivity index (χ1v) is 7.47. The van der Waals surface area contributed by atoms with E-state index in [2.05, 4.69) is 10.5 Å². The summed E-state index contributed by atoms with van der Waals surface area (Å²) in [5.41, 5.74) is 3.00. The van der Waals surface area contributed by atoms with Gasteiger partial charge in [0.15, 0.2) is 5.76 Å². The summed E-state index contributed by atoms with van der Waals surface area (Å²) in [6, 6.07) is 10.3. The summed E-state index contributed by atoms with van der Waals surface area (Å²) in [7, 11) is 0. The normalized spacial score (nSPS) is 11.3. The predicted molar refractivity (Wildman–Crippen MR) is 85.6 cm³/mol. The van der Waals surface area contributed by atoms with Crippen LogP contribution in [0.3, 0.4) is 0 Å². The predicted octanol–water partition coefficient (Wildman–Crippen LogP) is 4.57. The highest BCUT2D eigenvalue weighted by Crippen LogP contribution is 2.23. The number of fused-ring (bicyclic) bond motifs is 1. The van der Waals surface area contributed by atoms with E-state index < -0.39 is 5.91 Å². The molecule has 0 saturated carbocycles. The first kappa shape index (κ1) is 14.1. The fourth-order valence-electron chi connectivity index (χ4n) is 1.73. The average molecular weight is 339 g/mol. The molecule has 0 aliphatic rings. The van der Waals surface area contributed by atoms with Gasteiger partial charge in [0.05, 0.1) is 10.6 Å². The van der Waals surface area contributed by atoms with Gasteiger partial charge in [-0.05, 0) is 36.4 Å². The van der Waals surface area contributed by atoms with Crippen molar-refractivity contribution < 1.29 is 9.21 Å². The zero-order valence-corrected chi connectivity index (χ0v) is 12.8. The monoisotopic (exact) mass is 338 g/mol. The van der Waals surface area contributed by atoms with Crippen LogP contribution in [0, 0.1) is 0 Å². The third kappa shape index (κ3) is 3.26. The van der Waals surface area contributed by atoms with Crippen LogP contribution in [0.5, 0.6) is 0 Å². The fourth-order valence-corrected chi connectivity index (χ4v) is 2.85. The Hall–Kier alpha value is -1.82. The number of amides is 1. The molecule has 3 rings (SSSR count). The SMILES string of the molecule is O=C(N/N=C/c1ccc(Cl)s1)c1cc2cc(Cl)ccc2o1. The number of halogens is 2. The molecule has 0 aliphatic heterocycles. The van der Waals surface area contributed by atoms with Crippen molar-refractivity contribution in [3.8, 4) is 0 Å². The number of furan rings is 1. The van der Waals surface area contributed by atoms with Gasteiger partial charge in [0.25, 0.3) is 0 Å². The molecule has 3 aromatic rings. The molecule has 21 heavy (non-hydrogen) atoms. The minimum atomic E-state index is -0.429. The molecule has 0 saturated heterocycles. The van der Waals surface area contributed by atoms with Crippen LogP contribution in [0.25, 0.3) is 11.0 Å². The molecule has 0 spiro atoms. The number of hydrazone groups is 1. The van der Waals surface area contributed by atoms with Crippen molar-refractivity contribution in [1.29, 1.82) is 0 Å². The number of carbonyl (C=O) groups is 1. The van der Waals surface area contributed by atoms with Crippen molar-refractivity contribution >= 4 is 57.6 Å². The molecule has 7 heteroatoms. The summed E-state index contributed by atoms with van der Waals surface area (Å²) in [5, 5.41) is 5.21. The van der Waals surface area contributed by atoms with Gasteiger partial charge in [0.2, 0.25) is 0 Å². The second-order valence-corrected chi connectivity index (χ2v) is 6.32. The van der Waals surface area contributed by atoms with Gasteiger partial charge >= 0.3 is 5.91 Å². The van der Waals surface area contributed by atoms with Gasteiger partial charge < -0.3 is 4.42 Å². The minimum Gasteiger partial charge on any atom is -0.451 e. The lowest BCUT2D eigenvalue weighted by atomic mass is 10.2. The summed E-state index contributed by atoms with van der Waals surface area (Å²) in [6.07, 6.45) is 1.52. The van der Waals surface area contributed by atoms with E-state index >= 15 is 0 Å². The molecule has 0 aliphatic carbocycles. The van der Waals surface area contributed by atoms with E-state index in [-0.39, 0.29) is 5.76 Å². The Morgan fingerprint density at radius 3 is 2.86 bits per heavy atom. The summed E-state index contributed by atoms with van der Waals surface area (Å²) in [6.45, 7) is 0. The van der Waals surface area contributed by atoms with Crippen molar-refractivity contribution in [2.24, 2.45) is 5.10 Å². The van der Waals surface area contributed by atoms with Crippen molar-refractivity contribution in [1.82, 2.24) is 5.43 Å². The lowest BCUT2D eigenvalue weighted by Crippen LogP contribution is -2.16. The van der Waals surface area contributed by atoms with E-state index in [1.165, 1.54) is 17.6 Å². The lowest BCUT2D eigenvalue weighted by Gasteiger charge is -1.93. The van der Waals surface area contributed by atoms with E-state index in [1.807, 2.05) is 6.07 Å². The number of benzene rings is 1. The van der Waals surface area contributed by atoms with Crippen molar-refractivity contribution in [2.75, 3.05) is 0 Å². The highest BCUT2D eigenvalue weighted by Gasteiger charge is 2.11. The van der Waals surface area contributed by atoms with Crippen LogP contribution in [-0.2, 0) is 0 Å². The number of carbonyl (C=O) groups excluding carboxylic acids is 1. The quantitative estimate of drug-likeness (QED) is 0.562. The maximum Gasteiger partial charge on any atom is 0.307 e. The van der Waals surface area contributed by atoms with E-state index in [0.29, 0.717) is 14.9 Å². The van der Waals surface area contributed by atoms with Crippen LogP contribution in [0.15, 0.2) is 45.9 Å². The molecule has 0 unspecified atom stereocenters. The summed E-state index contributed by atoms with van der Waals surface area (Å²) >= 11 is 13.1. The maximum absolute atomic E-state index is 11.9. The number of nitrogens with one attached hydrogen (secondary N) is 1. The Labute approximate surface area is 134 Å². The Balaban J connectivity index is 1.73. The molecule has 0 bridgehead atoms. The molecule has 1 aromatic carbocycles. The van der Waals surface area contributed by atoms with Crippen LogP contribution in [0.1, 0.15) is 15.4 Å². The molecule has 4 nitrogen and oxygen atoms in total. The van der Waals surface area contributed by atoms with Gasteiger partial charge in [-0.2, -0.15) is 5.10 Å². The number of thiophene rings is 1. The Bertz CT molecular complexity index is 838. The van der Waals surface area contributed by atoms with Gasteiger partial charge in [-0.1, -0.05) is 23.2 Å². The molecule has 0 atom stereocenters. The first-order chi connectivity index (χ1) is 10.1. The third-order valence-corrected chi connectivity index (χ3v) is 4.05. The van der Waals surface area contributed by atoms with E-state index in [0.717, 1.165) is 10.3 Å². The van der Waals surface area contributed by atoms with Gasteiger partial charge in [0.1, 0.15) is 5.58 Å². The molecule has 1 amide bonds. The standard InChI is InChI=1S/C14H8Cl2N2O2S/c15-9-1-3-11-8(5-9)6-12(20-11)14(19)18-17-7-10-2-4-13(16)21-10/h1-7H,(H,18,19)/b17-7+. The topological polar surface area (TPSA) is 54.6 Å². The summed E-state index contributed by atoms with van der Waals surface area (Å²) < 4.78 is 6.09. The molecular weight excluding hydrogens is 331 g/mol. The van der Waals surface area contributed by atoms with Crippen LogP contribution in [-0.4, -0.2) is 12.1 Å². The van der Waals surface area contributed by atoms with Gasteiger partial charge in [0, 0.05) is 15.3 Å². The number of rotatable bonds is 3. The molecule has 1 N–H and O–H groups in total. The van der Waals surface area contributed by atoms with Crippen LogP contribution in [0.4, 0.5) is 0 Å². The fraction of sp³-hybridized carbons (Fsp3) is 0. The second kappa shape index (κ2) is 5.89. The van der Waals surface area contributed by atoms with E-state index in [9.17, 15) is 4.79 Å². The van der Waals surface area contributed by atoms with Gasteiger partial charge in [-0.3, -0.25) is 4.79 Å². The third-order valence-electron chi connectivity index (χ3n) is 2.65. The molecular formula is C14H8Cl2N2O2S. The molecule has 2 aromatic heterocycles. The van der Waals surface area contributed by atoms with E-state index in [1.54, 1.807) is 30.3 Å². The van der Waals surface area contributed by atoms with Crippen LogP contribution in [0.2, 0.25) is 9.36 Å². The first-order valence-electron chi connectivity index (χ1n) is 5.90. The highest BCUT2D eigenvalue weighted by atomic mass is 35.5. The smallest absolute Gasteiger partial charge is 0.307 e. The van der Waals surface area contributed by atoms with Gasteiger partial charge in [-0.15, -0.1) is 11.3 Å². The number of nitrogens with zero attached hydrogens (tertiary/aromatic N) is 1. The largest absolute Gasteiger partial charge is 0.451 e. The van der Waals surface area contributed by atoms with Crippen molar-refractivity contribution in [2.45, 2.75) is 0 Å². The van der Waals surface area contributed by atoms with Crippen molar-refractivity contribution in [3.05, 3.63) is 56.4 Å². The minimum absolute atomic E-state index is 0.175. The summed E-state index contributed by atoms with van der Waals surface area (Å²) in [5.74, 6) is -0.255. The molecule has 0 radical (unpaired) electrons. The Kier molecular flexibility index (Phi) is 3.96. The van der Waals surface area contributed by atoms with Crippen LogP contribution < -0.4 is 5.43 Å². The lowest BCUT2D eigenvalue weighted by molar-refractivity contribution is 0.0929.